The Kier molecular flexibility index (Phi) is 2.52. The zero-order chi connectivity index (χ0) is 11.7. The van der Waals surface area contributed by atoms with E-state index >= 15 is 0 Å². The second kappa shape index (κ2) is 3.84. The molecule has 0 radical (unpaired) electrons. The summed E-state index contributed by atoms with van der Waals surface area (Å²) in [4.78, 5) is 22.1. The average Bonchev–Trinajstić information content (AvgIpc) is 2.26. The number of carboxylic acids is 1. The van der Waals surface area contributed by atoms with E-state index in [2.05, 4.69) is 0 Å². The lowest BCUT2D eigenvalue weighted by molar-refractivity contribution is -0.165. The molecular formula is C11H10O5. The summed E-state index contributed by atoms with van der Waals surface area (Å²) in [5, 5.41) is 8.92. The average molecular weight is 222 g/mol. The molecule has 0 amide bonds. The van der Waals surface area contributed by atoms with E-state index < -0.39 is 18.0 Å². The first-order valence-corrected chi connectivity index (χ1v) is 4.71. The van der Waals surface area contributed by atoms with Crippen LogP contribution in [0.4, 0.5) is 0 Å². The van der Waals surface area contributed by atoms with E-state index in [1.807, 2.05) is 0 Å². The molecule has 16 heavy (non-hydrogen) atoms. The molecule has 0 saturated carbocycles. The largest absolute Gasteiger partial charge is 0.497 e. The predicted octanol–water partition coefficient (Wildman–Crippen LogP) is 0.920. The van der Waals surface area contributed by atoms with Gasteiger partial charge in [-0.15, -0.1) is 0 Å². The van der Waals surface area contributed by atoms with Crippen LogP contribution >= 0.6 is 0 Å². The molecule has 0 fully saturated rings. The number of carbonyl (C=O) groups excluding carboxylic acids is 1. The Labute approximate surface area is 91.6 Å². The quantitative estimate of drug-likeness (QED) is 0.753. The van der Waals surface area contributed by atoms with Gasteiger partial charge in [-0.1, -0.05) is 6.07 Å². The molecule has 1 aliphatic rings. The van der Waals surface area contributed by atoms with Crippen molar-refractivity contribution >= 4 is 11.9 Å². The number of carbonyl (C=O) groups is 2. The molecule has 1 aromatic carbocycles. The second-order valence-corrected chi connectivity index (χ2v) is 3.45. The normalized spacial score (nSPS) is 18.6. The molecule has 2 rings (SSSR count). The molecule has 0 bridgehead atoms. The fraction of sp³-hybridized carbons (Fsp3) is 0.273. The molecule has 5 heteroatoms. The van der Waals surface area contributed by atoms with Crippen LogP contribution in [0.2, 0.25) is 0 Å². The summed E-state index contributed by atoms with van der Waals surface area (Å²) >= 11 is 0. The molecule has 84 valence electrons. The number of hydrogen-bond acceptors (Lipinski definition) is 4. The SMILES string of the molecule is COc1ccc2c(c1)CC(=O)OC2C(=O)O. The number of benzene rings is 1. The summed E-state index contributed by atoms with van der Waals surface area (Å²) in [6.45, 7) is 0. The summed E-state index contributed by atoms with van der Waals surface area (Å²) in [7, 11) is 1.51. The van der Waals surface area contributed by atoms with Gasteiger partial charge in [-0.3, -0.25) is 4.79 Å². The van der Waals surface area contributed by atoms with E-state index in [0.29, 0.717) is 16.9 Å². The molecule has 1 atom stereocenters. The smallest absolute Gasteiger partial charge is 0.349 e. The summed E-state index contributed by atoms with van der Waals surface area (Å²) in [6.07, 6.45) is -1.13. The summed E-state index contributed by atoms with van der Waals surface area (Å²) in [5.41, 5.74) is 1.15. The number of hydrogen-bond donors (Lipinski definition) is 1. The highest BCUT2D eigenvalue weighted by atomic mass is 16.6. The second-order valence-electron chi connectivity index (χ2n) is 3.45. The van der Waals surface area contributed by atoms with Crippen LogP contribution in [0.3, 0.4) is 0 Å². The maximum Gasteiger partial charge on any atom is 0.349 e. The molecule has 0 saturated heterocycles. The molecule has 0 aromatic heterocycles. The van der Waals surface area contributed by atoms with E-state index in [1.165, 1.54) is 7.11 Å². The summed E-state index contributed by atoms with van der Waals surface area (Å²) in [5.74, 6) is -1.11. The molecular weight excluding hydrogens is 212 g/mol. The van der Waals surface area contributed by atoms with E-state index in [0.717, 1.165) is 0 Å². The summed E-state index contributed by atoms with van der Waals surface area (Å²) in [6, 6.07) is 4.92. The van der Waals surface area contributed by atoms with Crippen LogP contribution in [0, 0.1) is 0 Å². The Morgan fingerprint density at radius 3 is 2.94 bits per heavy atom. The highest BCUT2D eigenvalue weighted by molar-refractivity contribution is 5.84. The van der Waals surface area contributed by atoms with Gasteiger partial charge in [0.05, 0.1) is 13.5 Å². The first kappa shape index (κ1) is 10.5. The van der Waals surface area contributed by atoms with Gasteiger partial charge in [0.15, 0.2) is 0 Å². The van der Waals surface area contributed by atoms with E-state index in [-0.39, 0.29) is 6.42 Å². The van der Waals surface area contributed by atoms with E-state index in [9.17, 15) is 9.59 Å². The van der Waals surface area contributed by atoms with E-state index in [4.69, 9.17) is 14.6 Å². The predicted molar refractivity (Wildman–Crippen MR) is 53.2 cm³/mol. The van der Waals surface area contributed by atoms with Crippen molar-refractivity contribution in [3.8, 4) is 5.75 Å². The van der Waals surface area contributed by atoms with Crippen molar-refractivity contribution in [1.29, 1.82) is 0 Å². The zero-order valence-corrected chi connectivity index (χ0v) is 8.60. The van der Waals surface area contributed by atoms with Gasteiger partial charge in [0.1, 0.15) is 5.75 Å². The van der Waals surface area contributed by atoms with Crippen molar-refractivity contribution in [2.24, 2.45) is 0 Å². The van der Waals surface area contributed by atoms with Crippen molar-refractivity contribution in [3.63, 3.8) is 0 Å². The standard InChI is InChI=1S/C11H10O5/c1-15-7-2-3-8-6(4-7)5-9(12)16-10(8)11(13)14/h2-4,10H,5H2,1H3,(H,13,14). The topological polar surface area (TPSA) is 72.8 Å². The maximum absolute atomic E-state index is 11.2. The van der Waals surface area contributed by atoms with Gasteiger partial charge in [0.25, 0.3) is 0 Å². The monoisotopic (exact) mass is 222 g/mol. The minimum absolute atomic E-state index is 0.0797. The maximum atomic E-state index is 11.2. The van der Waals surface area contributed by atoms with Crippen LogP contribution in [0.5, 0.6) is 5.75 Å². The van der Waals surface area contributed by atoms with Crippen LogP contribution in [-0.4, -0.2) is 24.2 Å². The number of carboxylic acid groups (broad SMARTS) is 1. The molecule has 5 nitrogen and oxygen atoms in total. The van der Waals surface area contributed by atoms with Crippen LogP contribution in [0.25, 0.3) is 0 Å². The fourth-order valence-corrected chi connectivity index (χ4v) is 1.69. The zero-order valence-electron chi connectivity index (χ0n) is 8.60. The van der Waals surface area contributed by atoms with Gasteiger partial charge < -0.3 is 14.6 Å². The number of methoxy groups -OCH3 is 1. The van der Waals surface area contributed by atoms with Crippen molar-refractivity contribution in [3.05, 3.63) is 29.3 Å². The van der Waals surface area contributed by atoms with Crippen LogP contribution in [-0.2, 0) is 20.7 Å². The molecule has 1 unspecified atom stereocenters. The number of esters is 1. The molecule has 0 spiro atoms. The molecule has 1 aromatic rings. The van der Waals surface area contributed by atoms with Gasteiger partial charge in [-0.05, 0) is 17.7 Å². The highest BCUT2D eigenvalue weighted by Crippen LogP contribution is 2.30. The van der Waals surface area contributed by atoms with Crippen LogP contribution in [0.1, 0.15) is 17.2 Å². The van der Waals surface area contributed by atoms with Gasteiger partial charge in [-0.25, -0.2) is 4.79 Å². The van der Waals surface area contributed by atoms with E-state index in [1.54, 1.807) is 18.2 Å². The Morgan fingerprint density at radius 1 is 1.56 bits per heavy atom. The molecule has 1 heterocycles. The summed E-state index contributed by atoms with van der Waals surface area (Å²) < 4.78 is 9.78. The van der Waals surface area contributed by atoms with Gasteiger partial charge in [-0.2, -0.15) is 0 Å². The Hall–Kier alpha value is -2.04. The lowest BCUT2D eigenvalue weighted by Gasteiger charge is -2.22. The number of cyclic esters (lactones) is 1. The minimum Gasteiger partial charge on any atom is -0.497 e. The Bertz CT molecular complexity index is 452. The number of rotatable bonds is 2. The third kappa shape index (κ3) is 1.71. The number of aliphatic carboxylic acids is 1. The first-order chi connectivity index (χ1) is 7.61. The van der Waals surface area contributed by atoms with Gasteiger partial charge in [0, 0.05) is 5.56 Å². The Balaban J connectivity index is 2.47. The highest BCUT2D eigenvalue weighted by Gasteiger charge is 2.32. The van der Waals surface area contributed by atoms with Crippen molar-refractivity contribution < 1.29 is 24.2 Å². The van der Waals surface area contributed by atoms with Crippen molar-refractivity contribution in [1.82, 2.24) is 0 Å². The van der Waals surface area contributed by atoms with Crippen molar-refractivity contribution in [2.75, 3.05) is 7.11 Å². The minimum atomic E-state index is -1.21. The van der Waals surface area contributed by atoms with Gasteiger partial charge in [0.2, 0.25) is 6.10 Å². The van der Waals surface area contributed by atoms with Gasteiger partial charge >= 0.3 is 11.9 Å². The Morgan fingerprint density at radius 2 is 2.31 bits per heavy atom. The first-order valence-electron chi connectivity index (χ1n) is 4.71. The number of ether oxygens (including phenoxy) is 2. The lowest BCUT2D eigenvalue weighted by Crippen LogP contribution is -2.26. The van der Waals surface area contributed by atoms with Crippen LogP contribution < -0.4 is 4.74 Å². The molecule has 1 aliphatic heterocycles. The molecule has 0 aliphatic carbocycles. The molecule has 1 N–H and O–H groups in total. The third-order valence-corrected chi connectivity index (χ3v) is 2.44. The lowest BCUT2D eigenvalue weighted by atomic mass is 9.97. The van der Waals surface area contributed by atoms with Crippen molar-refractivity contribution in [2.45, 2.75) is 12.5 Å². The third-order valence-electron chi connectivity index (χ3n) is 2.44. The fourth-order valence-electron chi connectivity index (χ4n) is 1.69. The van der Waals surface area contributed by atoms with Crippen LogP contribution in [0.15, 0.2) is 18.2 Å². The number of fused-ring (bicyclic) bond motifs is 1.